The molecule has 1 atom stereocenters. The lowest BCUT2D eigenvalue weighted by atomic mass is 10.1. The molecule has 2 aromatic rings. The molecule has 0 aliphatic carbocycles. The van der Waals surface area contributed by atoms with Crippen molar-refractivity contribution in [1.82, 2.24) is 9.88 Å². The second-order valence-corrected chi connectivity index (χ2v) is 5.20. The van der Waals surface area contributed by atoms with Gasteiger partial charge < -0.3 is 9.88 Å². The van der Waals surface area contributed by atoms with Crippen LogP contribution in [0.15, 0.2) is 53.5 Å². The molecule has 0 saturated heterocycles. The van der Waals surface area contributed by atoms with Crippen LogP contribution in [0.1, 0.15) is 11.6 Å². The number of rotatable bonds is 4. The smallest absolute Gasteiger partial charge is 0.339 e. The lowest BCUT2D eigenvalue weighted by Gasteiger charge is -2.22. The number of hydrogen-bond donors (Lipinski definition) is 1. The summed E-state index contributed by atoms with van der Waals surface area (Å²) in [7, 11) is 0. The fraction of sp³-hybridized carbons (Fsp3) is 0.200. The first-order chi connectivity index (χ1) is 10.8. The van der Waals surface area contributed by atoms with Crippen LogP contribution in [0.2, 0.25) is 5.02 Å². The number of hydrogen-bond acceptors (Lipinski definition) is 2. The minimum Gasteiger partial charge on any atom is -0.339 e. The Morgan fingerprint density at radius 3 is 2.39 bits per heavy atom. The molecule has 0 spiro atoms. The van der Waals surface area contributed by atoms with Crippen LogP contribution in [0.25, 0.3) is 0 Å². The Labute approximate surface area is 134 Å². The summed E-state index contributed by atoms with van der Waals surface area (Å²) >= 11 is 5.65. The predicted molar refractivity (Wildman–Crippen MR) is 79.1 cm³/mol. The van der Waals surface area contributed by atoms with Gasteiger partial charge in [0, 0.05) is 17.3 Å². The molecular formula is C15H12ClF3N2O2. The van der Waals surface area contributed by atoms with Gasteiger partial charge >= 0.3 is 6.18 Å². The number of halogens is 4. The number of carbonyl (C=O) groups excluding carboxylic acids is 1. The molecule has 1 amide bonds. The molecule has 2 rings (SSSR count). The standard InChI is InChI=1S/C15H12ClF3N2O2/c16-11-6-4-10(5-7-11)14(15(17,18)19)20-12(22)9-21-8-2-1-3-13(21)23/h1-8,14H,9H2,(H,20,22). The van der Waals surface area contributed by atoms with Gasteiger partial charge in [0.25, 0.3) is 5.56 Å². The highest BCUT2D eigenvalue weighted by Gasteiger charge is 2.41. The molecule has 122 valence electrons. The number of aromatic nitrogens is 1. The first-order valence-electron chi connectivity index (χ1n) is 6.54. The Bertz CT molecular complexity index is 741. The lowest BCUT2D eigenvalue weighted by Crippen LogP contribution is -2.40. The van der Waals surface area contributed by atoms with Crippen molar-refractivity contribution in [3.05, 3.63) is 69.6 Å². The first-order valence-corrected chi connectivity index (χ1v) is 6.92. The summed E-state index contributed by atoms with van der Waals surface area (Å²) in [5.41, 5.74) is -0.617. The van der Waals surface area contributed by atoms with Crippen molar-refractivity contribution in [1.29, 1.82) is 0 Å². The summed E-state index contributed by atoms with van der Waals surface area (Å²) in [5, 5.41) is 2.19. The summed E-state index contributed by atoms with van der Waals surface area (Å²) in [6.07, 6.45) is -3.35. The molecule has 1 aromatic carbocycles. The van der Waals surface area contributed by atoms with Crippen LogP contribution in [0, 0.1) is 0 Å². The highest BCUT2D eigenvalue weighted by atomic mass is 35.5. The first kappa shape index (κ1) is 17.1. The summed E-state index contributed by atoms with van der Waals surface area (Å²) in [6.45, 7) is -0.500. The zero-order valence-electron chi connectivity index (χ0n) is 11.7. The zero-order valence-corrected chi connectivity index (χ0v) is 12.4. The minimum absolute atomic E-state index is 0.143. The predicted octanol–water partition coefficient (Wildman–Crippen LogP) is 2.92. The quantitative estimate of drug-likeness (QED) is 0.927. The molecule has 1 N–H and O–H groups in total. The van der Waals surface area contributed by atoms with Gasteiger partial charge in [0.1, 0.15) is 6.54 Å². The maximum absolute atomic E-state index is 13.2. The highest BCUT2D eigenvalue weighted by Crippen LogP contribution is 2.33. The molecular weight excluding hydrogens is 333 g/mol. The Balaban J connectivity index is 2.18. The highest BCUT2D eigenvalue weighted by molar-refractivity contribution is 6.30. The SMILES string of the molecule is O=C(Cn1ccccc1=O)NC(c1ccc(Cl)cc1)C(F)(F)F. The van der Waals surface area contributed by atoms with E-state index in [9.17, 15) is 22.8 Å². The third-order valence-electron chi connectivity index (χ3n) is 3.05. The molecule has 1 heterocycles. The maximum atomic E-state index is 13.2. The average molecular weight is 345 g/mol. The summed E-state index contributed by atoms with van der Waals surface area (Å²) in [5.74, 6) is -0.921. The number of pyridine rings is 1. The second-order valence-electron chi connectivity index (χ2n) is 4.76. The van der Waals surface area contributed by atoms with Crippen LogP contribution in [-0.2, 0) is 11.3 Å². The van der Waals surface area contributed by atoms with Gasteiger partial charge in [-0.3, -0.25) is 9.59 Å². The van der Waals surface area contributed by atoms with E-state index in [-0.39, 0.29) is 10.6 Å². The number of nitrogens with zero attached hydrogens (tertiary/aromatic N) is 1. The molecule has 4 nitrogen and oxygen atoms in total. The van der Waals surface area contributed by atoms with Gasteiger partial charge in [0.2, 0.25) is 5.91 Å². The second kappa shape index (κ2) is 6.87. The van der Waals surface area contributed by atoms with Crippen LogP contribution in [-0.4, -0.2) is 16.7 Å². The summed E-state index contributed by atoms with van der Waals surface area (Å²) in [4.78, 5) is 23.4. The largest absolute Gasteiger partial charge is 0.412 e. The minimum atomic E-state index is -4.68. The number of alkyl halides is 3. The number of carbonyl (C=O) groups is 1. The van der Waals surface area contributed by atoms with E-state index in [0.717, 1.165) is 4.57 Å². The lowest BCUT2D eigenvalue weighted by molar-refractivity contribution is -0.163. The van der Waals surface area contributed by atoms with Gasteiger partial charge in [-0.15, -0.1) is 0 Å². The zero-order chi connectivity index (χ0) is 17.0. The Morgan fingerprint density at radius 2 is 1.83 bits per heavy atom. The van der Waals surface area contributed by atoms with Crippen molar-refractivity contribution in [2.24, 2.45) is 0 Å². The van der Waals surface area contributed by atoms with Crippen molar-refractivity contribution in [2.45, 2.75) is 18.8 Å². The van der Waals surface area contributed by atoms with Crippen molar-refractivity contribution in [3.8, 4) is 0 Å². The maximum Gasteiger partial charge on any atom is 0.412 e. The van der Waals surface area contributed by atoms with Gasteiger partial charge in [-0.1, -0.05) is 29.8 Å². The van der Waals surface area contributed by atoms with E-state index in [1.54, 1.807) is 0 Å². The summed E-state index contributed by atoms with van der Waals surface area (Å²) in [6, 6.07) is 7.02. The molecule has 0 bridgehead atoms. The fourth-order valence-electron chi connectivity index (χ4n) is 1.96. The van der Waals surface area contributed by atoms with Gasteiger partial charge in [-0.25, -0.2) is 0 Å². The van der Waals surface area contributed by atoms with Crippen LogP contribution >= 0.6 is 11.6 Å². The average Bonchev–Trinajstić information content (AvgIpc) is 2.47. The van der Waals surface area contributed by atoms with E-state index in [1.165, 1.54) is 48.7 Å². The monoisotopic (exact) mass is 344 g/mol. The normalized spacial score (nSPS) is 12.7. The third-order valence-corrected chi connectivity index (χ3v) is 3.30. The molecule has 0 aliphatic rings. The van der Waals surface area contributed by atoms with Crippen molar-refractivity contribution < 1.29 is 18.0 Å². The van der Waals surface area contributed by atoms with E-state index in [0.29, 0.717) is 0 Å². The van der Waals surface area contributed by atoms with Crippen LogP contribution in [0.4, 0.5) is 13.2 Å². The third kappa shape index (κ3) is 4.59. The Hall–Kier alpha value is -2.28. The van der Waals surface area contributed by atoms with E-state index >= 15 is 0 Å². The molecule has 1 aromatic heterocycles. The summed E-state index contributed by atoms with van der Waals surface area (Å²) < 4.78 is 40.5. The van der Waals surface area contributed by atoms with Crippen LogP contribution < -0.4 is 10.9 Å². The van der Waals surface area contributed by atoms with E-state index in [4.69, 9.17) is 11.6 Å². The molecule has 0 radical (unpaired) electrons. The van der Waals surface area contributed by atoms with Crippen molar-refractivity contribution >= 4 is 17.5 Å². The van der Waals surface area contributed by atoms with Gasteiger partial charge in [-0.2, -0.15) is 13.2 Å². The molecule has 8 heteroatoms. The van der Waals surface area contributed by atoms with E-state index in [2.05, 4.69) is 0 Å². The van der Waals surface area contributed by atoms with Gasteiger partial charge in [-0.05, 0) is 23.8 Å². The van der Waals surface area contributed by atoms with Gasteiger partial charge in [0.05, 0.1) is 0 Å². The Morgan fingerprint density at radius 1 is 1.17 bits per heavy atom. The molecule has 0 fully saturated rings. The van der Waals surface area contributed by atoms with E-state index in [1.807, 2.05) is 5.32 Å². The topological polar surface area (TPSA) is 51.1 Å². The Kier molecular flexibility index (Phi) is 5.10. The molecule has 0 aliphatic heterocycles. The van der Waals surface area contributed by atoms with Gasteiger partial charge in [0.15, 0.2) is 6.04 Å². The van der Waals surface area contributed by atoms with Crippen molar-refractivity contribution in [2.75, 3.05) is 0 Å². The fourth-order valence-corrected chi connectivity index (χ4v) is 2.09. The molecule has 1 unspecified atom stereocenters. The molecule has 23 heavy (non-hydrogen) atoms. The van der Waals surface area contributed by atoms with Crippen molar-refractivity contribution in [3.63, 3.8) is 0 Å². The molecule has 0 saturated carbocycles. The number of nitrogens with one attached hydrogen (secondary N) is 1. The van der Waals surface area contributed by atoms with E-state index < -0.39 is 30.2 Å². The van der Waals surface area contributed by atoms with Crippen LogP contribution in [0.3, 0.4) is 0 Å². The number of amides is 1. The van der Waals surface area contributed by atoms with Crippen LogP contribution in [0.5, 0.6) is 0 Å². The number of benzene rings is 1.